The Morgan fingerprint density at radius 2 is 1.95 bits per heavy atom. The highest BCUT2D eigenvalue weighted by Crippen LogP contribution is 2.19. The summed E-state index contributed by atoms with van der Waals surface area (Å²) in [6, 6.07) is 4.47. The van der Waals surface area contributed by atoms with Crippen LogP contribution in [-0.2, 0) is 14.3 Å². The van der Waals surface area contributed by atoms with Crippen molar-refractivity contribution in [1.29, 1.82) is 0 Å². The van der Waals surface area contributed by atoms with Crippen LogP contribution in [0.5, 0.6) is 5.75 Å². The summed E-state index contributed by atoms with van der Waals surface area (Å²) in [5.74, 6) is -1.98. The molecule has 20 heavy (non-hydrogen) atoms. The molecular formula is C13H16N2O5. The molecule has 0 bridgehead atoms. The van der Waals surface area contributed by atoms with E-state index in [2.05, 4.69) is 10.6 Å². The lowest BCUT2D eigenvalue weighted by Crippen LogP contribution is -2.37. The number of aromatic hydroxyl groups is 1. The molecule has 0 aliphatic carbocycles. The number of likely N-dealkylation sites (N-methyl/N-ethyl adjacent to an activating group) is 1. The monoisotopic (exact) mass is 280 g/mol. The molecular weight excluding hydrogens is 264 g/mol. The number of rotatable bonds is 5. The van der Waals surface area contributed by atoms with Crippen molar-refractivity contribution < 1.29 is 24.2 Å². The molecule has 0 heterocycles. The Morgan fingerprint density at radius 3 is 2.55 bits per heavy atom. The lowest BCUT2D eigenvalue weighted by molar-refractivity contribution is -0.127. The molecule has 0 saturated carbocycles. The van der Waals surface area contributed by atoms with E-state index in [-0.39, 0.29) is 23.8 Å². The van der Waals surface area contributed by atoms with E-state index in [0.29, 0.717) is 0 Å². The zero-order chi connectivity index (χ0) is 15.1. The van der Waals surface area contributed by atoms with Gasteiger partial charge in [0.05, 0.1) is 6.54 Å². The first-order valence-corrected chi connectivity index (χ1v) is 5.88. The van der Waals surface area contributed by atoms with Crippen molar-refractivity contribution in [2.45, 2.75) is 6.92 Å². The van der Waals surface area contributed by atoms with Crippen LogP contribution in [0.4, 0.5) is 0 Å². The topological polar surface area (TPSA) is 105 Å². The Balaban J connectivity index is 2.47. The summed E-state index contributed by atoms with van der Waals surface area (Å²) in [4.78, 5) is 33.8. The highest BCUT2D eigenvalue weighted by molar-refractivity contribution is 5.94. The van der Waals surface area contributed by atoms with Gasteiger partial charge in [-0.15, -0.1) is 0 Å². The van der Waals surface area contributed by atoms with Gasteiger partial charge in [0.25, 0.3) is 5.91 Å². The van der Waals surface area contributed by atoms with Gasteiger partial charge >= 0.3 is 5.97 Å². The largest absolute Gasteiger partial charge is 0.507 e. The summed E-state index contributed by atoms with van der Waals surface area (Å²) >= 11 is 0. The summed E-state index contributed by atoms with van der Waals surface area (Å²) in [5.41, 5.74) is 0.775. The molecule has 1 aromatic rings. The van der Waals surface area contributed by atoms with E-state index in [4.69, 9.17) is 4.74 Å². The number of hydrogen-bond donors (Lipinski definition) is 3. The first-order chi connectivity index (χ1) is 9.43. The number of carbonyl (C=O) groups excluding carboxylic acids is 3. The van der Waals surface area contributed by atoms with E-state index < -0.39 is 18.5 Å². The molecule has 1 rings (SSSR count). The van der Waals surface area contributed by atoms with Gasteiger partial charge in [0, 0.05) is 7.05 Å². The minimum absolute atomic E-state index is 0.0188. The average molecular weight is 280 g/mol. The fourth-order valence-corrected chi connectivity index (χ4v) is 1.34. The Kier molecular flexibility index (Phi) is 5.52. The van der Waals surface area contributed by atoms with Crippen LogP contribution >= 0.6 is 0 Å². The molecule has 108 valence electrons. The van der Waals surface area contributed by atoms with Gasteiger partial charge in [-0.3, -0.25) is 9.59 Å². The molecule has 0 saturated heterocycles. The summed E-state index contributed by atoms with van der Waals surface area (Å²) in [6.45, 7) is 1.05. The summed E-state index contributed by atoms with van der Waals surface area (Å²) in [6.07, 6.45) is 0. The highest BCUT2D eigenvalue weighted by Gasteiger charge is 2.14. The van der Waals surface area contributed by atoms with E-state index >= 15 is 0 Å². The molecule has 0 fully saturated rings. The number of phenols is 1. The molecule has 3 N–H and O–H groups in total. The third-order valence-electron chi connectivity index (χ3n) is 2.43. The van der Waals surface area contributed by atoms with Crippen molar-refractivity contribution in [2.75, 3.05) is 20.2 Å². The van der Waals surface area contributed by atoms with Crippen LogP contribution in [0.1, 0.15) is 15.9 Å². The number of hydrogen-bond acceptors (Lipinski definition) is 5. The van der Waals surface area contributed by atoms with Crippen LogP contribution in [-0.4, -0.2) is 43.1 Å². The number of aryl methyl sites for hydroxylation is 1. The minimum Gasteiger partial charge on any atom is -0.507 e. The zero-order valence-corrected chi connectivity index (χ0v) is 11.2. The SMILES string of the molecule is CNC(=O)CNC(=O)COC(=O)c1ccc(C)cc1O. The Hall–Kier alpha value is -2.57. The maximum Gasteiger partial charge on any atom is 0.342 e. The molecule has 2 amide bonds. The number of esters is 1. The molecule has 0 aliphatic heterocycles. The van der Waals surface area contributed by atoms with Crippen LogP contribution in [0.3, 0.4) is 0 Å². The second-order valence-electron chi connectivity index (χ2n) is 4.05. The van der Waals surface area contributed by atoms with Crippen LogP contribution in [0.25, 0.3) is 0 Å². The number of phenolic OH excluding ortho intramolecular Hbond substituents is 1. The van der Waals surface area contributed by atoms with Crippen molar-refractivity contribution >= 4 is 17.8 Å². The maximum absolute atomic E-state index is 11.6. The summed E-state index contributed by atoms with van der Waals surface area (Å²) in [5, 5.41) is 14.2. The molecule has 0 spiro atoms. The molecule has 0 aromatic heterocycles. The quantitative estimate of drug-likeness (QED) is 0.643. The number of amides is 2. The van der Waals surface area contributed by atoms with Gasteiger partial charge in [-0.05, 0) is 24.6 Å². The van der Waals surface area contributed by atoms with Gasteiger partial charge in [0.1, 0.15) is 11.3 Å². The van der Waals surface area contributed by atoms with Crippen molar-refractivity contribution in [3.63, 3.8) is 0 Å². The van der Waals surface area contributed by atoms with Crippen molar-refractivity contribution in [3.05, 3.63) is 29.3 Å². The second-order valence-corrected chi connectivity index (χ2v) is 4.05. The van der Waals surface area contributed by atoms with Crippen LogP contribution in [0, 0.1) is 6.92 Å². The Morgan fingerprint density at radius 1 is 1.25 bits per heavy atom. The van der Waals surface area contributed by atoms with Crippen LogP contribution in [0.2, 0.25) is 0 Å². The lowest BCUT2D eigenvalue weighted by Gasteiger charge is -2.07. The number of carbonyl (C=O) groups is 3. The first kappa shape index (κ1) is 15.5. The van der Waals surface area contributed by atoms with Crippen LogP contribution < -0.4 is 10.6 Å². The number of nitrogens with one attached hydrogen (secondary N) is 2. The van der Waals surface area contributed by atoms with Gasteiger partial charge in [-0.1, -0.05) is 6.07 Å². The summed E-state index contributed by atoms with van der Waals surface area (Å²) < 4.78 is 4.73. The van der Waals surface area contributed by atoms with E-state index in [0.717, 1.165) is 5.56 Å². The normalized spacial score (nSPS) is 9.70. The van der Waals surface area contributed by atoms with Crippen LogP contribution in [0.15, 0.2) is 18.2 Å². The Labute approximate surface area is 115 Å². The van der Waals surface area contributed by atoms with Gasteiger partial charge in [-0.2, -0.15) is 0 Å². The first-order valence-electron chi connectivity index (χ1n) is 5.88. The third kappa shape index (κ3) is 4.60. The van der Waals surface area contributed by atoms with E-state index in [1.165, 1.54) is 19.2 Å². The molecule has 0 unspecified atom stereocenters. The molecule has 0 aliphatic rings. The predicted molar refractivity (Wildman–Crippen MR) is 70.2 cm³/mol. The molecule has 1 aromatic carbocycles. The third-order valence-corrected chi connectivity index (χ3v) is 2.43. The van der Waals surface area contributed by atoms with E-state index in [1.54, 1.807) is 13.0 Å². The van der Waals surface area contributed by atoms with Crippen molar-refractivity contribution in [2.24, 2.45) is 0 Å². The van der Waals surface area contributed by atoms with Crippen molar-refractivity contribution in [1.82, 2.24) is 10.6 Å². The standard InChI is InChI=1S/C13H16N2O5/c1-8-3-4-9(10(16)5-8)13(19)20-7-12(18)15-6-11(17)14-2/h3-5,16H,6-7H2,1-2H3,(H,14,17)(H,15,18). The maximum atomic E-state index is 11.6. The van der Waals surface area contributed by atoms with E-state index in [1.807, 2.05) is 0 Å². The van der Waals surface area contributed by atoms with Gasteiger partial charge < -0.3 is 20.5 Å². The van der Waals surface area contributed by atoms with Gasteiger partial charge in [0.15, 0.2) is 6.61 Å². The smallest absolute Gasteiger partial charge is 0.342 e. The fraction of sp³-hybridized carbons (Fsp3) is 0.308. The molecule has 7 nitrogen and oxygen atoms in total. The number of benzene rings is 1. The molecule has 0 radical (unpaired) electrons. The zero-order valence-electron chi connectivity index (χ0n) is 11.2. The highest BCUT2D eigenvalue weighted by atomic mass is 16.5. The predicted octanol–water partition coefficient (Wildman–Crippen LogP) is -0.280. The van der Waals surface area contributed by atoms with Crippen molar-refractivity contribution in [3.8, 4) is 5.75 Å². The average Bonchev–Trinajstić information content (AvgIpc) is 2.42. The molecule has 7 heteroatoms. The van der Waals surface area contributed by atoms with E-state index in [9.17, 15) is 19.5 Å². The fourth-order valence-electron chi connectivity index (χ4n) is 1.34. The van der Waals surface area contributed by atoms with Gasteiger partial charge in [0.2, 0.25) is 5.91 Å². The lowest BCUT2D eigenvalue weighted by atomic mass is 10.1. The minimum atomic E-state index is -0.808. The van der Waals surface area contributed by atoms with Gasteiger partial charge in [-0.25, -0.2) is 4.79 Å². The number of ether oxygens (including phenoxy) is 1. The Bertz CT molecular complexity index is 527. The molecule has 0 atom stereocenters. The summed E-state index contributed by atoms with van der Waals surface area (Å²) in [7, 11) is 1.44. The second kappa shape index (κ2) is 7.13.